The lowest BCUT2D eigenvalue weighted by atomic mass is 10.0. The molecule has 5 nitrogen and oxygen atoms in total. The largest absolute Gasteiger partial charge is 0.478 e. The first-order valence-electron chi connectivity index (χ1n) is 5.42. The molecule has 1 aromatic carbocycles. The maximum absolute atomic E-state index is 11.8. The van der Waals surface area contributed by atoms with Crippen molar-refractivity contribution >= 4 is 33.5 Å². The Morgan fingerprint density at radius 1 is 1.39 bits per heavy atom. The zero-order valence-corrected chi connectivity index (χ0v) is 11.7. The first-order chi connectivity index (χ1) is 8.32. The van der Waals surface area contributed by atoms with Gasteiger partial charge in [0.05, 0.1) is 17.3 Å². The van der Waals surface area contributed by atoms with Crippen LogP contribution in [0.4, 0.5) is 5.69 Å². The summed E-state index contributed by atoms with van der Waals surface area (Å²) < 4.78 is 0.608. The van der Waals surface area contributed by atoms with Crippen molar-refractivity contribution in [1.82, 2.24) is 0 Å². The monoisotopic (exact) mass is 314 g/mol. The second-order valence-electron chi connectivity index (χ2n) is 4.26. The molecule has 0 aliphatic carbocycles. The summed E-state index contributed by atoms with van der Waals surface area (Å²) in [6, 6.07) is 3.77. The highest BCUT2D eigenvalue weighted by atomic mass is 79.9. The zero-order chi connectivity index (χ0) is 13.9. The van der Waals surface area contributed by atoms with E-state index in [1.165, 1.54) is 12.1 Å². The molecule has 0 aromatic heterocycles. The van der Waals surface area contributed by atoms with E-state index in [9.17, 15) is 9.59 Å². The van der Waals surface area contributed by atoms with Gasteiger partial charge < -0.3 is 16.2 Å². The maximum Gasteiger partial charge on any atom is 0.335 e. The first kappa shape index (κ1) is 14.7. The van der Waals surface area contributed by atoms with Crippen LogP contribution in [0.5, 0.6) is 0 Å². The van der Waals surface area contributed by atoms with Crippen molar-refractivity contribution in [2.75, 3.05) is 5.32 Å². The molecule has 0 aliphatic rings. The van der Waals surface area contributed by atoms with Gasteiger partial charge >= 0.3 is 5.97 Å². The number of anilines is 1. The predicted molar refractivity (Wildman–Crippen MR) is 72.5 cm³/mol. The molecule has 18 heavy (non-hydrogen) atoms. The Morgan fingerprint density at radius 3 is 2.50 bits per heavy atom. The van der Waals surface area contributed by atoms with Gasteiger partial charge in [-0.05, 0) is 40.0 Å². The van der Waals surface area contributed by atoms with Crippen molar-refractivity contribution in [1.29, 1.82) is 0 Å². The molecule has 6 heteroatoms. The summed E-state index contributed by atoms with van der Waals surface area (Å²) >= 11 is 3.25. The molecule has 0 bridgehead atoms. The van der Waals surface area contributed by atoms with Crippen molar-refractivity contribution in [2.24, 2.45) is 11.7 Å². The number of carbonyl (C=O) groups is 2. The first-order valence-corrected chi connectivity index (χ1v) is 6.21. The fourth-order valence-electron chi connectivity index (χ4n) is 1.27. The second kappa shape index (κ2) is 5.97. The van der Waals surface area contributed by atoms with Crippen LogP contribution in [0.2, 0.25) is 0 Å². The van der Waals surface area contributed by atoms with Crippen molar-refractivity contribution in [3.8, 4) is 0 Å². The Morgan fingerprint density at radius 2 is 2.00 bits per heavy atom. The average Bonchev–Trinajstić information content (AvgIpc) is 2.30. The number of rotatable bonds is 4. The fourth-order valence-corrected chi connectivity index (χ4v) is 1.62. The van der Waals surface area contributed by atoms with Gasteiger partial charge in [-0.2, -0.15) is 0 Å². The number of nitrogens with two attached hydrogens (primary N) is 1. The van der Waals surface area contributed by atoms with E-state index in [0.29, 0.717) is 10.2 Å². The molecular weight excluding hydrogens is 300 g/mol. The minimum absolute atomic E-state index is 0.00596. The number of benzene rings is 1. The summed E-state index contributed by atoms with van der Waals surface area (Å²) in [5.74, 6) is -1.38. The number of amides is 1. The number of carboxylic acid groups (broad SMARTS) is 1. The van der Waals surface area contributed by atoms with Gasteiger partial charge in [0.1, 0.15) is 0 Å². The smallest absolute Gasteiger partial charge is 0.335 e. The van der Waals surface area contributed by atoms with Crippen LogP contribution in [0.1, 0.15) is 24.2 Å². The van der Waals surface area contributed by atoms with E-state index < -0.39 is 12.0 Å². The van der Waals surface area contributed by atoms with Crippen molar-refractivity contribution in [2.45, 2.75) is 19.9 Å². The Hall–Kier alpha value is -1.40. The Kier molecular flexibility index (Phi) is 4.86. The van der Waals surface area contributed by atoms with Crippen molar-refractivity contribution in [3.05, 3.63) is 28.2 Å². The molecular formula is C12H15BrN2O3. The Labute approximate surface area is 113 Å². The summed E-state index contributed by atoms with van der Waals surface area (Å²) in [4.78, 5) is 22.6. The van der Waals surface area contributed by atoms with Gasteiger partial charge in [-0.3, -0.25) is 4.79 Å². The molecule has 4 N–H and O–H groups in total. The topological polar surface area (TPSA) is 92.4 Å². The van der Waals surface area contributed by atoms with Crippen LogP contribution in [-0.2, 0) is 4.79 Å². The molecule has 1 atom stereocenters. The average molecular weight is 315 g/mol. The third kappa shape index (κ3) is 3.54. The quantitative estimate of drug-likeness (QED) is 0.793. The van der Waals surface area contributed by atoms with Gasteiger partial charge in [0.25, 0.3) is 0 Å². The van der Waals surface area contributed by atoms with Gasteiger partial charge in [-0.25, -0.2) is 4.79 Å². The van der Waals surface area contributed by atoms with E-state index in [-0.39, 0.29) is 17.4 Å². The van der Waals surface area contributed by atoms with Crippen LogP contribution in [0.3, 0.4) is 0 Å². The third-order valence-corrected chi connectivity index (χ3v) is 3.18. The lowest BCUT2D eigenvalue weighted by molar-refractivity contribution is -0.118. The lowest BCUT2D eigenvalue weighted by Crippen LogP contribution is -2.39. The molecule has 1 rings (SSSR count). The highest BCUT2D eigenvalue weighted by Crippen LogP contribution is 2.24. The van der Waals surface area contributed by atoms with Crippen LogP contribution in [0.15, 0.2) is 22.7 Å². The summed E-state index contributed by atoms with van der Waals surface area (Å²) in [5, 5.41) is 11.5. The molecule has 0 radical (unpaired) electrons. The minimum atomic E-state index is -1.05. The molecule has 0 heterocycles. The standard InChI is InChI=1S/C12H15BrN2O3/c1-6(2)10(14)11(16)15-9-5-7(12(17)18)3-4-8(9)13/h3-6,10H,14H2,1-2H3,(H,15,16)(H,17,18)/t10-/m1/s1. The van der Waals surface area contributed by atoms with Gasteiger partial charge in [0.2, 0.25) is 5.91 Å². The second-order valence-corrected chi connectivity index (χ2v) is 5.11. The highest BCUT2D eigenvalue weighted by molar-refractivity contribution is 9.10. The normalized spacial score (nSPS) is 12.3. The highest BCUT2D eigenvalue weighted by Gasteiger charge is 2.18. The van der Waals surface area contributed by atoms with Gasteiger partial charge in [0, 0.05) is 4.47 Å². The molecule has 0 saturated heterocycles. The van der Waals surface area contributed by atoms with E-state index in [1.807, 2.05) is 13.8 Å². The number of carboxylic acids is 1. The number of carbonyl (C=O) groups excluding carboxylic acids is 1. The maximum atomic E-state index is 11.8. The van der Waals surface area contributed by atoms with Gasteiger partial charge in [0.15, 0.2) is 0 Å². The van der Waals surface area contributed by atoms with Crippen LogP contribution in [0, 0.1) is 5.92 Å². The van der Waals surface area contributed by atoms with Crippen LogP contribution in [0.25, 0.3) is 0 Å². The van der Waals surface area contributed by atoms with Crippen LogP contribution < -0.4 is 11.1 Å². The van der Waals surface area contributed by atoms with E-state index in [0.717, 1.165) is 0 Å². The van der Waals surface area contributed by atoms with Crippen molar-refractivity contribution in [3.63, 3.8) is 0 Å². The Bertz CT molecular complexity index is 474. The summed E-state index contributed by atoms with van der Waals surface area (Å²) in [6.45, 7) is 3.68. The molecule has 0 spiro atoms. The summed E-state index contributed by atoms with van der Waals surface area (Å²) in [7, 11) is 0. The summed E-state index contributed by atoms with van der Waals surface area (Å²) in [6.07, 6.45) is 0. The van der Waals surface area contributed by atoms with E-state index in [4.69, 9.17) is 10.8 Å². The zero-order valence-electron chi connectivity index (χ0n) is 10.1. The predicted octanol–water partition coefficient (Wildman–Crippen LogP) is 2.07. The molecule has 98 valence electrons. The molecule has 0 saturated carbocycles. The molecule has 0 fully saturated rings. The fraction of sp³-hybridized carbons (Fsp3) is 0.333. The number of hydrogen-bond donors (Lipinski definition) is 3. The number of hydrogen-bond acceptors (Lipinski definition) is 3. The van der Waals surface area contributed by atoms with Crippen LogP contribution in [-0.4, -0.2) is 23.0 Å². The van der Waals surface area contributed by atoms with Crippen molar-refractivity contribution < 1.29 is 14.7 Å². The third-order valence-electron chi connectivity index (χ3n) is 2.49. The molecule has 0 unspecified atom stereocenters. The molecule has 0 aliphatic heterocycles. The van der Waals surface area contributed by atoms with Gasteiger partial charge in [-0.15, -0.1) is 0 Å². The SMILES string of the molecule is CC(C)[C@@H](N)C(=O)Nc1cc(C(=O)O)ccc1Br. The number of nitrogens with one attached hydrogen (secondary N) is 1. The Balaban J connectivity index is 2.93. The number of halogens is 1. The molecule has 1 aromatic rings. The van der Waals surface area contributed by atoms with E-state index >= 15 is 0 Å². The van der Waals surface area contributed by atoms with E-state index in [1.54, 1.807) is 6.07 Å². The van der Waals surface area contributed by atoms with E-state index in [2.05, 4.69) is 21.2 Å². The van der Waals surface area contributed by atoms with Gasteiger partial charge in [-0.1, -0.05) is 13.8 Å². The number of aromatic carboxylic acids is 1. The lowest BCUT2D eigenvalue weighted by Gasteiger charge is -2.16. The van der Waals surface area contributed by atoms with Crippen LogP contribution >= 0.6 is 15.9 Å². The summed E-state index contributed by atoms with van der Waals surface area (Å²) in [5.41, 5.74) is 6.21. The minimum Gasteiger partial charge on any atom is -0.478 e. The molecule has 1 amide bonds.